The van der Waals surface area contributed by atoms with Crippen LogP contribution in [0.4, 0.5) is 0 Å². The van der Waals surface area contributed by atoms with E-state index >= 15 is 0 Å². The largest absolute Gasteiger partial charge is 0.356 e. The van der Waals surface area contributed by atoms with Crippen molar-refractivity contribution in [2.24, 2.45) is 4.99 Å². The third kappa shape index (κ3) is 5.17. The van der Waals surface area contributed by atoms with Crippen molar-refractivity contribution in [2.75, 3.05) is 33.2 Å². The van der Waals surface area contributed by atoms with Crippen LogP contribution in [0.15, 0.2) is 4.99 Å². The number of nitrogens with one attached hydrogen (secondary N) is 2. The normalized spacial score (nSPS) is 21.4. The highest BCUT2D eigenvalue weighted by Gasteiger charge is 2.22. The van der Waals surface area contributed by atoms with Gasteiger partial charge in [-0.2, -0.15) is 0 Å². The van der Waals surface area contributed by atoms with Crippen molar-refractivity contribution in [3.63, 3.8) is 0 Å². The molecule has 2 aliphatic rings. The van der Waals surface area contributed by atoms with Crippen molar-refractivity contribution < 1.29 is 0 Å². The van der Waals surface area contributed by atoms with Crippen LogP contribution < -0.4 is 10.6 Å². The molecule has 1 aromatic rings. The molecule has 25 heavy (non-hydrogen) atoms. The lowest BCUT2D eigenvalue weighted by atomic mass is 10.0. The highest BCUT2D eigenvalue weighted by molar-refractivity contribution is 7.11. The monoisotopic (exact) mass is 363 g/mol. The molecule has 3 rings (SSSR count). The quantitative estimate of drug-likeness (QED) is 0.444. The highest BCUT2D eigenvalue weighted by atomic mass is 32.1. The molecule has 1 saturated heterocycles. The summed E-state index contributed by atoms with van der Waals surface area (Å²) in [5.41, 5.74) is 1.38. The summed E-state index contributed by atoms with van der Waals surface area (Å²) in [6.45, 7) is 6.59. The van der Waals surface area contributed by atoms with Crippen molar-refractivity contribution in [1.29, 1.82) is 0 Å². The van der Waals surface area contributed by atoms with E-state index in [0.29, 0.717) is 6.04 Å². The van der Waals surface area contributed by atoms with Crippen LogP contribution in [0.5, 0.6) is 0 Å². The maximum atomic E-state index is 4.83. The summed E-state index contributed by atoms with van der Waals surface area (Å²) >= 11 is 1.94. The number of likely N-dealkylation sites (tertiary alicyclic amines) is 1. The molecule has 0 radical (unpaired) electrons. The number of hydrogen-bond acceptors (Lipinski definition) is 4. The predicted molar refractivity (Wildman–Crippen MR) is 107 cm³/mol. The van der Waals surface area contributed by atoms with Crippen LogP contribution >= 0.6 is 11.3 Å². The van der Waals surface area contributed by atoms with Crippen molar-refractivity contribution >= 4 is 17.3 Å². The molecule has 1 aliphatic heterocycles. The Labute approximate surface area is 156 Å². The fourth-order valence-electron chi connectivity index (χ4n) is 3.94. The molecule has 2 heterocycles. The van der Waals surface area contributed by atoms with E-state index in [9.17, 15) is 0 Å². The minimum Gasteiger partial charge on any atom is -0.356 e. The molecule has 1 fully saturated rings. The summed E-state index contributed by atoms with van der Waals surface area (Å²) in [6, 6.07) is 0.658. The van der Waals surface area contributed by atoms with E-state index in [0.717, 1.165) is 38.4 Å². The lowest BCUT2D eigenvalue weighted by Crippen LogP contribution is -2.45. The second-order valence-corrected chi connectivity index (χ2v) is 8.26. The minimum absolute atomic E-state index is 0.658. The minimum atomic E-state index is 0.658. The van der Waals surface area contributed by atoms with Gasteiger partial charge in [-0.3, -0.25) is 9.89 Å². The Kier molecular flexibility index (Phi) is 7.11. The van der Waals surface area contributed by atoms with E-state index in [-0.39, 0.29) is 0 Å². The van der Waals surface area contributed by atoms with Gasteiger partial charge in [0.2, 0.25) is 0 Å². The Hall–Kier alpha value is -1.14. The number of aryl methyl sites for hydroxylation is 3. The number of aliphatic imine (C=N–C) groups is 1. The average Bonchev–Trinajstić information content (AvgIpc) is 3.26. The second-order valence-electron chi connectivity index (χ2n) is 7.09. The summed E-state index contributed by atoms with van der Waals surface area (Å²) < 4.78 is 0. The van der Waals surface area contributed by atoms with Gasteiger partial charge < -0.3 is 10.6 Å². The van der Waals surface area contributed by atoms with Crippen LogP contribution in [0, 0.1) is 0 Å². The molecule has 1 aromatic heterocycles. The molecule has 0 saturated carbocycles. The van der Waals surface area contributed by atoms with E-state index in [2.05, 4.69) is 27.4 Å². The standard InChI is InChI=1S/C19H33N5S/c1-3-24-13-7-8-15(24)14-22-19(20-2)21-12-6-11-18-23-16-9-4-5-10-17(16)25-18/h15H,3-14H2,1-2H3,(H2,20,21,22). The first-order valence-corrected chi connectivity index (χ1v) is 10.8. The van der Waals surface area contributed by atoms with E-state index in [1.807, 2.05) is 18.4 Å². The summed E-state index contributed by atoms with van der Waals surface area (Å²) in [5, 5.41) is 8.27. The molecular weight excluding hydrogens is 330 g/mol. The Morgan fingerprint density at radius 2 is 2.16 bits per heavy atom. The molecule has 5 nitrogen and oxygen atoms in total. The van der Waals surface area contributed by atoms with Gasteiger partial charge in [0, 0.05) is 37.5 Å². The van der Waals surface area contributed by atoms with Gasteiger partial charge in [0.05, 0.1) is 10.7 Å². The number of rotatable bonds is 7. The fraction of sp³-hybridized carbons (Fsp3) is 0.789. The number of guanidine groups is 1. The predicted octanol–water partition coefficient (Wildman–Crippen LogP) is 2.60. The maximum Gasteiger partial charge on any atom is 0.191 e. The van der Waals surface area contributed by atoms with E-state index in [1.165, 1.54) is 55.8 Å². The number of likely N-dealkylation sites (N-methyl/N-ethyl adjacent to an activating group) is 1. The van der Waals surface area contributed by atoms with Crippen molar-refractivity contribution in [3.8, 4) is 0 Å². The van der Waals surface area contributed by atoms with Crippen LogP contribution in [-0.4, -0.2) is 55.1 Å². The first kappa shape index (κ1) is 18.6. The fourth-order valence-corrected chi connectivity index (χ4v) is 5.14. The lowest BCUT2D eigenvalue weighted by molar-refractivity contribution is 0.267. The smallest absolute Gasteiger partial charge is 0.191 e. The van der Waals surface area contributed by atoms with Gasteiger partial charge in [-0.15, -0.1) is 11.3 Å². The molecule has 140 valence electrons. The Balaban J connectivity index is 1.35. The van der Waals surface area contributed by atoms with Gasteiger partial charge in [0.25, 0.3) is 0 Å². The highest BCUT2D eigenvalue weighted by Crippen LogP contribution is 2.27. The second kappa shape index (κ2) is 9.53. The van der Waals surface area contributed by atoms with Gasteiger partial charge in [-0.25, -0.2) is 4.98 Å². The van der Waals surface area contributed by atoms with Crippen LogP contribution in [0.2, 0.25) is 0 Å². The lowest BCUT2D eigenvalue weighted by Gasteiger charge is -2.23. The van der Waals surface area contributed by atoms with Crippen LogP contribution in [-0.2, 0) is 19.3 Å². The van der Waals surface area contributed by atoms with Gasteiger partial charge in [0.15, 0.2) is 5.96 Å². The Bertz CT molecular complexity index is 545. The number of fused-ring (bicyclic) bond motifs is 1. The third-order valence-electron chi connectivity index (χ3n) is 5.38. The van der Waals surface area contributed by atoms with Crippen LogP contribution in [0.1, 0.15) is 54.6 Å². The number of thiazole rings is 1. The van der Waals surface area contributed by atoms with Crippen LogP contribution in [0.25, 0.3) is 0 Å². The molecule has 6 heteroatoms. The molecule has 1 unspecified atom stereocenters. The molecule has 0 amide bonds. The summed E-state index contributed by atoms with van der Waals surface area (Å²) in [6.07, 6.45) is 9.90. The summed E-state index contributed by atoms with van der Waals surface area (Å²) in [5.74, 6) is 0.932. The zero-order chi connectivity index (χ0) is 17.5. The molecular formula is C19H33N5S. The zero-order valence-corrected chi connectivity index (χ0v) is 16.6. The van der Waals surface area contributed by atoms with Crippen molar-refractivity contribution in [2.45, 2.75) is 64.3 Å². The molecule has 2 N–H and O–H groups in total. The third-order valence-corrected chi connectivity index (χ3v) is 6.60. The molecule has 0 bridgehead atoms. The molecule has 0 spiro atoms. The maximum absolute atomic E-state index is 4.83. The average molecular weight is 364 g/mol. The first-order valence-electron chi connectivity index (χ1n) is 9.96. The van der Waals surface area contributed by atoms with Crippen molar-refractivity contribution in [1.82, 2.24) is 20.5 Å². The summed E-state index contributed by atoms with van der Waals surface area (Å²) in [7, 11) is 1.86. The molecule has 1 atom stereocenters. The van der Waals surface area contributed by atoms with Gasteiger partial charge >= 0.3 is 0 Å². The molecule has 1 aliphatic carbocycles. The topological polar surface area (TPSA) is 52.5 Å². The van der Waals surface area contributed by atoms with Crippen molar-refractivity contribution in [3.05, 3.63) is 15.6 Å². The van der Waals surface area contributed by atoms with Crippen LogP contribution in [0.3, 0.4) is 0 Å². The van der Waals surface area contributed by atoms with E-state index < -0.39 is 0 Å². The number of aromatic nitrogens is 1. The Morgan fingerprint density at radius 1 is 1.28 bits per heavy atom. The van der Waals surface area contributed by atoms with E-state index in [1.54, 1.807) is 4.88 Å². The van der Waals surface area contributed by atoms with E-state index in [4.69, 9.17) is 4.98 Å². The Morgan fingerprint density at radius 3 is 2.96 bits per heavy atom. The first-order chi connectivity index (χ1) is 12.3. The van der Waals surface area contributed by atoms with Gasteiger partial charge in [-0.1, -0.05) is 6.92 Å². The summed E-state index contributed by atoms with van der Waals surface area (Å²) in [4.78, 5) is 13.3. The van der Waals surface area contributed by atoms with Gasteiger partial charge in [0.1, 0.15) is 0 Å². The van der Waals surface area contributed by atoms with Gasteiger partial charge in [-0.05, 0) is 58.0 Å². The SMILES string of the molecule is CCN1CCCC1CNC(=NC)NCCCc1nc2c(s1)CCCC2. The zero-order valence-electron chi connectivity index (χ0n) is 15.8. The number of nitrogens with zero attached hydrogens (tertiary/aromatic N) is 3. The number of hydrogen-bond donors (Lipinski definition) is 2. The molecule has 0 aromatic carbocycles.